The molecule has 1 N–H and O–H groups in total. The van der Waals surface area contributed by atoms with Crippen LogP contribution in [0, 0.1) is 5.41 Å². The second-order valence-corrected chi connectivity index (χ2v) is 7.94. The van der Waals surface area contributed by atoms with Crippen molar-refractivity contribution >= 4 is 22.6 Å². The Labute approximate surface area is 130 Å². The summed E-state index contributed by atoms with van der Waals surface area (Å²) in [5.41, 5.74) is -0.279. The number of carbonyl (C=O) groups is 1. The van der Waals surface area contributed by atoms with Gasteiger partial charge in [-0.3, -0.25) is 4.79 Å². The van der Waals surface area contributed by atoms with Crippen LogP contribution in [0.4, 0.5) is 5.13 Å². The summed E-state index contributed by atoms with van der Waals surface area (Å²) in [5, 5.41) is 4.43. The fraction of sp³-hybridized carbons (Fsp3) is 0.800. The summed E-state index contributed by atoms with van der Waals surface area (Å²) < 4.78 is 4.42. The molecule has 2 heterocycles. The molecule has 0 bridgehead atoms. The van der Waals surface area contributed by atoms with Crippen LogP contribution in [-0.4, -0.2) is 39.3 Å². The van der Waals surface area contributed by atoms with Crippen LogP contribution < -0.4 is 5.32 Å². The molecule has 2 fully saturated rings. The maximum absolute atomic E-state index is 12.3. The topological polar surface area (TPSA) is 58.1 Å². The molecule has 5 nitrogen and oxygen atoms in total. The normalized spacial score (nSPS) is 20.6. The Bertz CT molecular complexity index is 510. The van der Waals surface area contributed by atoms with Crippen molar-refractivity contribution in [3.05, 3.63) is 5.82 Å². The molecule has 1 saturated carbocycles. The molecule has 2 aliphatic rings. The zero-order valence-electron chi connectivity index (χ0n) is 13.1. The molecule has 1 aromatic rings. The van der Waals surface area contributed by atoms with Gasteiger partial charge in [0.25, 0.3) is 0 Å². The van der Waals surface area contributed by atoms with Gasteiger partial charge < -0.3 is 10.2 Å². The molecule has 3 rings (SSSR count). The molecule has 1 saturated heterocycles. The Morgan fingerprint density at radius 3 is 2.48 bits per heavy atom. The van der Waals surface area contributed by atoms with Crippen LogP contribution in [0.1, 0.15) is 58.2 Å². The minimum Gasteiger partial charge on any atom is -0.357 e. The lowest BCUT2D eigenvalue weighted by Gasteiger charge is -2.35. The van der Waals surface area contributed by atoms with E-state index in [1.807, 2.05) is 25.7 Å². The molecule has 1 aliphatic carbocycles. The van der Waals surface area contributed by atoms with Crippen molar-refractivity contribution in [3.63, 3.8) is 0 Å². The highest BCUT2D eigenvalue weighted by Crippen LogP contribution is 2.39. The fourth-order valence-corrected chi connectivity index (χ4v) is 3.40. The summed E-state index contributed by atoms with van der Waals surface area (Å²) in [6, 6.07) is 0.411. The van der Waals surface area contributed by atoms with E-state index in [1.165, 1.54) is 24.4 Å². The molecule has 0 unspecified atom stereocenters. The van der Waals surface area contributed by atoms with E-state index in [1.54, 1.807) is 0 Å². The second-order valence-electron chi connectivity index (χ2n) is 7.19. The van der Waals surface area contributed by atoms with E-state index in [2.05, 4.69) is 14.7 Å². The first-order valence-corrected chi connectivity index (χ1v) is 8.60. The van der Waals surface area contributed by atoms with Gasteiger partial charge in [0, 0.05) is 42.0 Å². The average Bonchev–Trinajstić information content (AvgIpc) is 3.19. The number of amides is 1. The average molecular weight is 308 g/mol. The summed E-state index contributed by atoms with van der Waals surface area (Å²) in [7, 11) is 0. The molecule has 116 valence electrons. The number of nitrogens with one attached hydrogen (secondary N) is 1. The minimum atomic E-state index is -0.279. The first-order valence-electron chi connectivity index (χ1n) is 7.83. The van der Waals surface area contributed by atoms with Gasteiger partial charge in [-0.1, -0.05) is 20.8 Å². The number of piperidine rings is 1. The number of hydrogen-bond acceptors (Lipinski definition) is 5. The van der Waals surface area contributed by atoms with Crippen LogP contribution in [0.5, 0.6) is 0 Å². The monoisotopic (exact) mass is 308 g/mol. The standard InChI is InChI=1S/C15H24N4OS/c1-15(2,3)13(20)19-8-6-11(7-9-19)16-14-17-12(18-21-14)10-4-5-10/h10-11H,4-9H2,1-3H3,(H,16,17,18). The van der Waals surface area contributed by atoms with Crippen molar-refractivity contribution in [1.29, 1.82) is 0 Å². The summed E-state index contributed by atoms with van der Waals surface area (Å²) in [5.74, 6) is 1.89. The van der Waals surface area contributed by atoms with Crippen LogP contribution >= 0.6 is 11.5 Å². The van der Waals surface area contributed by atoms with Crippen molar-refractivity contribution < 1.29 is 4.79 Å². The molecule has 0 atom stereocenters. The van der Waals surface area contributed by atoms with Crippen molar-refractivity contribution in [1.82, 2.24) is 14.3 Å². The number of anilines is 1. The van der Waals surface area contributed by atoms with Gasteiger partial charge in [-0.2, -0.15) is 4.37 Å². The molecule has 21 heavy (non-hydrogen) atoms. The highest BCUT2D eigenvalue weighted by atomic mass is 32.1. The summed E-state index contributed by atoms with van der Waals surface area (Å²) >= 11 is 1.47. The van der Waals surface area contributed by atoms with Crippen molar-refractivity contribution in [2.75, 3.05) is 18.4 Å². The quantitative estimate of drug-likeness (QED) is 0.933. The highest BCUT2D eigenvalue weighted by Gasteiger charge is 2.31. The Kier molecular flexibility index (Phi) is 3.90. The van der Waals surface area contributed by atoms with E-state index in [0.29, 0.717) is 12.0 Å². The summed E-state index contributed by atoms with van der Waals surface area (Å²) in [6.07, 6.45) is 4.45. The lowest BCUT2D eigenvalue weighted by molar-refractivity contribution is -0.140. The van der Waals surface area contributed by atoms with Gasteiger partial charge in [0.05, 0.1) is 0 Å². The van der Waals surface area contributed by atoms with E-state index in [0.717, 1.165) is 36.9 Å². The van der Waals surface area contributed by atoms with Crippen molar-refractivity contribution in [2.45, 2.75) is 58.4 Å². The lowest BCUT2D eigenvalue weighted by Crippen LogP contribution is -2.46. The second kappa shape index (κ2) is 5.55. The van der Waals surface area contributed by atoms with Gasteiger partial charge in [-0.25, -0.2) is 4.98 Å². The van der Waals surface area contributed by atoms with Gasteiger partial charge in [-0.05, 0) is 25.7 Å². The Hall–Kier alpha value is -1.17. The van der Waals surface area contributed by atoms with Gasteiger partial charge in [0.2, 0.25) is 11.0 Å². The third kappa shape index (κ3) is 3.54. The molecule has 1 amide bonds. The molecule has 0 radical (unpaired) electrons. The van der Waals surface area contributed by atoms with E-state index >= 15 is 0 Å². The summed E-state index contributed by atoms with van der Waals surface area (Å²) in [6.45, 7) is 7.63. The summed E-state index contributed by atoms with van der Waals surface area (Å²) in [4.78, 5) is 18.8. The third-order valence-corrected chi connectivity index (χ3v) is 4.80. The van der Waals surface area contributed by atoms with E-state index < -0.39 is 0 Å². The maximum atomic E-state index is 12.3. The highest BCUT2D eigenvalue weighted by molar-refractivity contribution is 7.09. The molecule has 1 aliphatic heterocycles. The number of nitrogens with zero attached hydrogens (tertiary/aromatic N) is 3. The van der Waals surface area contributed by atoms with Gasteiger partial charge >= 0.3 is 0 Å². The maximum Gasteiger partial charge on any atom is 0.227 e. The first-order chi connectivity index (χ1) is 9.93. The molecule has 6 heteroatoms. The van der Waals surface area contributed by atoms with Crippen molar-refractivity contribution in [2.24, 2.45) is 5.41 Å². The third-order valence-electron chi connectivity index (χ3n) is 4.14. The lowest BCUT2D eigenvalue weighted by atomic mass is 9.93. The molecular formula is C15H24N4OS. The molecule has 1 aromatic heterocycles. The molecule has 0 aromatic carbocycles. The molecular weight excluding hydrogens is 284 g/mol. The van der Waals surface area contributed by atoms with Crippen LogP contribution in [0.15, 0.2) is 0 Å². The van der Waals surface area contributed by atoms with Gasteiger partial charge in [0.1, 0.15) is 5.82 Å². The molecule has 0 spiro atoms. The van der Waals surface area contributed by atoms with Crippen LogP contribution in [0.2, 0.25) is 0 Å². The smallest absolute Gasteiger partial charge is 0.227 e. The number of hydrogen-bond donors (Lipinski definition) is 1. The van der Waals surface area contributed by atoms with E-state index in [4.69, 9.17) is 0 Å². The number of rotatable bonds is 3. The first kappa shape index (κ1) is 14.8. The SMILES string of the molecule is CC(C)(C)C(=O)N1CCC(Nc2nc(C3CC3)ns2)CC1. The number of aromatic nitrogens is 2. The van der Waals surface area contributed by atoms with Crippen LogP contribution in [0.3, 0.4) is 0 Å². The van der Waals surface area contributed by atoms with Crippen molar-refractivity contribution in [3.8, 4) is 0 Å². The van der Waals surface area contributed by atoms with E-state index in [9.17, 15) is 4.79 Å². The predicted octanol–water partition coefficient (Wildman–Crippen LogP) is 2.86. The zero-order chi connectivity index (χ0) is 15.0. The number of likely N-dealkylation sites (tertiary alicyclic amines) is 1. The minimum absolute atomic E-state index is 0.257. The van der Waals surface area contributed by atoms with E-state index in [-0.39, 0.29) is 11.3 Å². The Morgan fingerprint density at radius 2 is 1.90 bits per heavy atom. The number of carbonyl (C=O) groups excluding carboxylic acids is 1. The Balaban J connectivity index is 1.50. The largest absolute Gasteiger partial charge is 0.357 e. The fourth-order valence-electron chi connectivity index (χ4n) is 2.68. The van der Waals surface area contributed by atoms with Gasteiger partial charge in [-0.15, -0.1) is 0 Å². The van der Waals surface area contributed by atoms with Crippen LogP contribution in [-0.2, 0) is 4.79 Å². The van der Waals surface area contributed by atoms with Gasteiger partial charge in [0.15, 0.2) is 0 Å². The predicted molar refractivity (Wildman–Crippen MR) is 84.6 cm³/mol. The van der Waals surface area contributed by atoms with Crippen LogP contribution in [0.25, 0.3) is 0 Å². The Morgan fingerprint density at radius 1 is 1.24 bits per heavy atom. The zero-order valence-corrected chi connectivity index (χ0v) is 13.9.